The van der Waals surface area contributed by atoms with Crippen molar-refractivity contribution in [3.05, 3.63) is 175 Å². The minimum absolute atomic E-state index is 0.0388. The summed E-state index contributed by atoms with van der Waals surface area (Å²) in [5.41, 5.74) is 11.2. The van der Waals surface area contributed by atoms with Gasteiger partial charge in [-0.1, -0.05) is 117 Å². The Morgan fingerprint density at radius 2 is 1.10 bits per heavy atom. The Labute approximate surface area is 290 Å². The second kappa shape index (κ2) is 10.7. The van der Waals surface area contributed by atoms with Crippen LogP contribution in [0.3, 0.4) is 0 Å². The number of hydrogen-bond donors (Lipinski definition) is 0. The molecule has 0 amide bonds. The lowest BCUT2D eigenvalue weighted by Crippen LogP contribution is -2.15. The van der Waals surface area contributed by atoms with Crippen molar-refractivity contribution >= 4 is 70.1 Å². The predicted molar refractivity (Wildman–Crippen MR) is 212 cm³/mol. The average Bonchev–Trinajstić information content (AvgIpc) is 3.61. The van der Waals surface area contributed by atoms with Crippen LogP contribution in [0.1, 0.15) is 25.0 Å². The topological polar surface area (TPSA) is 3.24 Å². The first kappa shape index (κ1) is 28.3. The van der Waals surface area contributed by atoms with Gasteiger partial charge in [0.2, 0.25) is 0 Å². The smallest absolute Gasteiger partial charge is 0.0468 e. The highest BCUT2D eigenvalue weighted by atomic mass is 32.1. The van der Waals surface area contributed by atoms with Crippen LogP contribution in [0.25, 0.3) is 64.0 Å². The Morgan fingerprint density at radius 3 is 2.04 bits per heavy atom. The van der Waals surface area contributed by atoms with Gasteiger partial charge in [-0.3, -0.25) is 0 Å². The molecule has 0 atom stereocenters. The fraction of sp³-hybridized carbons (Fsp3) is 0.0638. The molecule has 49 heavy (non-hydrogen) atoms. The monoisotopic (exact) mass is 643 g/mol. The van der Waals surface area contributed by atoms with Gasteiger partial charge in [0.15, 0.2) is 0 Å². The van der Waals surface area contributed by atoms with Crippen LogP contribution in [0.5, 0.6) is 0 Å². The predicted octanol–water partition coefficient (Wildman–Crippen LogP) is 13.8. The minimum Gasteiger partial charge on any atom is -0.310 e. The summed E-state index contributed by atoms with van der Waals surface area (Å²) in [5, 5.41) is 7.67. The van der Waals surface area contributed by atoms with Crippen LogP contribution in [0.2, 0.25) is 0 Å². The lowest BCUT2D eigenvalue weighted by molar-refractivity contribution is 0.660. The summed E-state index contributed by atoms with van der Waals surface area (Å²) < 4.78 is 2.67. The quantitative estimate of drug-likeness (QED) is 0.184. The molecule has 9 aromatic rings. The van der Waals surface area contributed by atoms with E-state index in [9.17, 15) is 0 Å². The molecule has 0 saturated carbocycles. The third-order valence-corrected chi connectivity index (χ3v) is 11.7. The molecule has 1 nitrogen and oxygen atoms in total. The summed E-state index contributed by atoms with van der Waals surface area (Å²) in [5.74, 6) is 0. The molecular weight excluding hydrogens is 611 g/mol. The van der Waals surface area contributed by atoms with Gasteiger partial charge in [-0.2, -0.15) is 0 Å². The first-order valence-electron chi connectivity index (χ1n) is 17.0. The van der Waals surface area contributed by atoms with E-state index in [-0.39, 0.29) is 5.41 Å². The van der Waals surface area contributed by atoms with Gasteiger partial charge in [0.25, 0.3) is 0 Å². The van der Waals surface area contributed by atoms with Crippen molar-refractivity contribution in [3.8, 4) is 22.3 Å². The Hall–Kier alpha value is -5.70. The Kier molecular flexibility index (Phi) is 6.16. The molecule has 0 N–H and O–H groups in total. The van der Waals surface area contributed by atoms with Crippen LogP contribution in [-0.4, -0.2) is 0 Å². The maximum atomic E-state index is 2.44. The highest BCUT2D eigenvalue weighted by Crippen LogP contribution is 2.51. The van der Waals surface area contributed by atoms with Gasteiger partial charge in [-0.25, -0.2) is 0 Å². The zero-order valence-corrected chi connectivity index (χ0v) is 28.3. The summed E-state index contributed by atoms with van der Waals surface area (Å²) in [7, 11) is 0. The van der Waals surface area contributed by atoms with E-state index in [4.69, 9.17) is 0 Å². The molecule has 0 unspecified atom stereocenters. The lowest BCUT2D eigenvalue weighted by Gasteiger charge is -2.28. The molecule has 1 aromatic heterocycles. The molecule has 0 radical (unpaired) electrons. The van der Waals surface area contributed by atoms with Crippen molar-refractivity contribution < 1.29 is 0 Å². The summed E-state index contributed by atoms with van der Waals surface area (Å²) in [6.07, 6.45) is 0. The highest BCUT2D eigenvalue weighted by molar-refractivity contribution is 7.25. The van der Waals surface area contributed by atoms with Crippen LogP contribution in [0.4, 0.5) is 17.1 Å². The van der Waals surface area contributed by atoms with Crippen LogP contribution in [-0.2, 0) is 5.41 Å². The molecule has 0 saturated heterocycles. The van der Waals surface area contributed by atoms with Crippen molar-refractivity contribution in [2.75, 3.05) is 4.90 Å². The molecule has 8 aromatic carbocycles. The largest absolute Gasteiger partial charge is 0.310 e. The zero-order chi connectivity index (χ0) is 32.7. The molecule has 1 aliphatic carbocycles. The molecule has 1 aliphatic rings. The third kappa shape index (κ3) is 4.45. The van der Waals surface area contributed by atoms with E-state index in [1.54, 1.807) is 0 Å². The maximum Gasteiger partial charge on any atom is 0.0468 e. The molecule has 0 bridgehead atoms. The normalized spacial score (nSPS) is 13.3. The van der Waals surface area contributed by atoms with E-state index in [0.29, 0.717) is 0 Å². The van der Waals surface area contributed by atoms with Crippen LogP contribution < -0.4 is 4.90 Å². The second-order valence-corrected chi connectivity index (χ2v) is 14.9. The van der Waals surface area contributed by atoms with Crippen molar-refractivity contribution in [2.24, 2.45) is 0 Å². The Bertz CT molecular complexity index is 2770. The number of fused-ring (bicyclic) bond motifs is 8. The van der Waals surface area contributed by atoms with Crippen LogP contribution in [0, 0.1) is 0 Å². The fourth-order valence-electron chi connectivity index (χ4n) is 8.08. The van der Waals surface area contributed by atoms with Gasteiger partial charge in [0, 0.05) is 42.6 Å². The number of hydrogen-bond acceptors (Lipinski definition) is 2. The molecule has 0 aliphatic heterocycles. The van der Waals surface area contributed by atoms with Crippen molar-refractivity contribution in [2.45, 2.75) is 19.3 Å². The van der Waals surface area contributed by atoms with Gasteiger partial charge in [0.05, 0.1) is 0 Å². The van der Waals surface area contributed by atoms with E-state index in [1.165, 1.54) is 75.1 Å². The molecule has 10 rings (SSSR count). The molecule has 232 valence electrons. The molecule has 2 heteroatoms. The van der Waals surface area contributed by atoms with E-state index < -0.39 is 0 Å². The van der Waals surface area contributed by atoms with E-state index in [2.05, 4.69) is 183 Å². The van der Waals surface area contributed by atoms with E-state index in [1.807, 2.05) is 11.3 Å². The first-order valence-corrected chi connectivity index (χ1v) is 17.8. The lowest BCUT2D eigenvalue weighted by atomic mass is 9.82. The first-order chi connectivity index (χ1) is 24.0. The van der Waals surface area contributed by atoms with Crippen molar-refractivity contribution in [1.82, 2.24) is 0 Å². The summed E-state index contributed by atoms with van der Waals surface area (Å²) in [4.78, 5) is 2.44. The Balaban J connectivity index is 1.18. The minimum atomic E-state index is -0.0388. The standard InChI is InChI=1S/C47H33NS/c1-47(2)43-16-7-5-14-39(43)41-29-38(22-23-44(41)47)48(36-13-9-12-32(25-36)33-19-18-30-10-3-4-11-31(30)24-33)37-21-20-34-28-46-42(27-35(34)26-37)40-15-6-8-17-45(40)49-46/h3-29H,1-2H3. The highest BCUT2D eigenvalue weighted by Gasteiger charge is 2.35. The van der Waals surface area contributed by atoms with Gasteiger partial charge < -0.3 is 4.90 Å². The fourth-order valence-corrected chi connectivity index (χ4v) is 9.22. The number of benzene rings is 8. The number of nitrogens with zero attached hydrogens (tertiary/aromatic N) is 1. The van der Waals surface area contributed by atoms with Gasteiger partial charge in [0.1, 0.15) is 0 Å². The number of thiophene rings is 1. The van der Waals surface area contributed by atoms with E-state index >= 15 is 0 Å². The maximum absolute atomic E-state index is 2.44. The number of anilines is 3. The van der Waals surface area contributed by atoms with Gasteiger partial charge >= 0.3 is 0 Å². The van der Waals surface area contributed by atoms with Crippen LogP contribution >= 0.6 is 11.3 Å². The van der Waals surface area contributed by atoms with Crippen molar-refractivity contribution in [1.29, 1.82) is 0 Å². The third-order valence-electron chi connectivity index (χ3n) is 10.6. The average molecular weight is 644 g/mol. The van der Waals surface area contributed by atoms with Gasteiger partial charge in [-0.15, -0.1) is 11.3 Å². The molecular formula is C47H33NS. The molecule has 0 fully saturated rings. The SMILES string of the molecule is CC1(C)c2ccccc2-c2cc(N(c3cccc(-c4ccc5ccccc5c4)c3)c3ccc4cc5sc6ccccc6c5cc4c3)ccc21. The second-order valence-electron chi connectivity index (χ2n) is 13.8. The zero-order valence-electron chi connectivity index (χ0n) is 27.4. The van der Waals surface area contributed by atoms with Crippen molar-refractivity contribution in [3.63, 3.8) is 0 Å². The summed E-state index contributed by atoms with van der Waals surface area (Å²) in [6, 6.07) is 60.8. The van der Waals surface area contributed by atoms with Crippen LogP contribution in [0.15, 0.2) is 164 Å². The van der Waals surface area contributed by atoms with Gasteiger partial charge in [-0.05, 0) is 116 Å². The van der Waals surface area contributed by atoms with E-state index in [0.717, 1.165) is 17.1 Å². The molecule has 0 spiro atoms. The summed E-state index contributed by atoms with van der Waals surface area (Å²) >= 11 is 1.88. The summed E-state index contributed by atoms with van der Waals surface area (Å²) in [6.45, 7) is 4.70. The number of rotatable bonds is 4. The molecule has 1 heterocycles. The Morgan fingerprint density at radius 1 is 0.408 bits per heavy atom.